The van der Waals surface area contributed by atoms with E-state index in [2.05, 4.69) is 41.1 Å². The first-order valence-corrected chi connectivity index (χ1v) is 11.7. The molecular weight excluding hydrogens is 442 g/mol. The van der Waals surface area contributed by atoms with Crippen molar-refractivity contribution in [1.29, 1.82) is 0 Å². The highest BCUT2D eigenvalue weighted by Crippen LogP contribution is 2.34. The van der Waals surface area contributed by atoms with Crippen LogP contribution < -0.4 is 0 Å². The number of aromatic nitrogens is 2. The van der Waals surface area contributed by atoms with Crippen LogP contribution in [0.15, 0.2) is 71.4 Å². The third-order valence-electron chi connectivity index (χ3n) is 6.41. The molecular formula is C28H27N3O4. The van der Waals surface area contributed by atoms with Crippen molar-refractivity contribution in [3.05, 3.63) is 101 Å². The van der Waals surface area contributed by atoms with E-state index < -0.39 is 5.97 Å². The summed E-state index contributed by atoms with van der Waals surface area (Å²) in [6.07, 6.45) is 6.55. The fourth-order valence-electron chi connectivity index (χ4n) is 4.73. The Morgan fingerprint density at radius 2 is 2.03 bits per heavy atom. The smallest absolute Gasteiger partial charge is 0.339 e. The maximum atomic E-state index is 11.1. The molecule has 178 valence electrons. The number of carboxylic acid groups (broad SMARTS) is 1. The van der Waals surface area contributed by atoms with Crippen LogP contribution in [0.3, 0.4) is 0 Å². The molecule has 2 aromatic heterocycles. The van der Waals surface area contributed by atoms with E-state index >= 15 is 0 Å². The summed E-state index contributed by atoms with van der Waals surface area (Å²) in [5.74, 6) is -0.0579. The Hall–Kier alpha value is -3.97. The number of nitrogens with zero attached hydrogens (tertiary/aromatic N) is 3. The number of carboxylic acids is 1. The van der Waals surface area contributed by atoms with Gasteiger partial charge in [-0.05, 0) is 56.1 Å². The number of hydrogen-bond donors (Lipinski definition) is 2. The molecule has 1 aliphatic rings. The van der Waals surface area contributed by atoms with Crippen molar-refractivity contribution in [2.45, 2.75) is 38.8 Å². The van der Waals surface area contributed by atoms with Gasteiger partial charge in [0.15, 0.2) is 0 Å². The molecule has 3 heterocycles. The molecule has 0 spiro atoms. The van der Waals surface area contributed by atoms with Gasteiger partial charge in [-0.1, -0.05) is 35.9 Å². The Labute approximate surface area is 203 Å². The van der Waals surface area contributed by atoms with Gasteiger partial charge in [-0.25, -0.2) is 4.79 Å². The number of benzene rings is 2. The summed E-state index contributed by atoms with van der Waals surface area (Å²) in [6, 6.07) is 16.8. The van der Waals surface area contributed by atoms with E-state index in [0.717, 1.165) is 43.0 Å². The van der Waals surface area contributed by atoms with Crippen LogP contribution in [0.1, 0.15) is 57.5 Å². The van der Waals surface area contributed by atoms with Crippen molar-refractivity contribution in [1.82, 2.24) is 14.9 Å². The first kappa shape index (κ1) is 22.8. The van der Waals surface area contributed by atoms with Crippen molar-refractivity contribution < 1.29 is 19.4 Å². The number of likely N-dealkylation sites (tertiary alicyclic amines) is 1. The predicted molar refractivity (Wildman–Crippen MR) is 131 cm³/mol. The van der Waals surface area contributed by atoms with Crippen LogP contribution in [0.2, 0.25) is 0 Å². The molecule has 1 unspecified atom stereocenters. The summed E-state index contributed by atoms with van der Waals surface area (Å²) in [6.45, 7) is 3.67. The molecule has 4 aromatic rings. The third kappa shape index (κ3) is 5.10. The maximum Gasteiger partial charge on any atom is 0.339 e. The van der Waals surface area contributed by atoms with Crippen LogP contribution in [-0.2, 0) is 13.0 Å². The lowest BCUT2D eigenvalue weighted by molar-refractivity contribution is 0.0693. The molecule has 0 aliphatic carbocycles. The SMILES string of the molecule is Cc1cccc(Cc2cncc(C3CCCN3Cc3ccc(-c4ccc(C(=O)O)c(O)c4)o3)n2)c1. The number of aryl methyl sites for hydroxylation is 1. The average molecular weight is 470 g/mol. The number of phenols is 1. The normalized spacial score (nSPS) is 16.0. The van der Waals surface area contributed by atoms with E-state index in [4.69, 9.17) is 14.5 Å². The topological polar surface area (TPSA) is 99.7 Å². The molecule has 0 amide bonds. The Bertz CT molecular complexity index is 1360. The zero-order valence-electron chi connectivity index (χ0n) is 19.5. The molecule has 7 nitrogen and oxygen atoms in total. The molecule has 2 N–H and O–H groups in total. The fourth-order valence-corrected chi connectivity index (χ4v) is 4.73. The van der Waals surface area contributed by atoms with Crippen LogP contribution in [-0.4, -0.2) is 37.6 Å². The van der Waals surface area contributed by atoms with E-state index in [0.29, 0.717) is 17.9 Å². The molecule has 1 fully saturated rings. The number of hydrogen-bond acceptors (Lipinski definition) is 6. The summed E-state index contributed by atoms with van der Waals surface area (Å²) < 4.78 is 6.05. The number of rotatable bonds is 7. The zero-order chi connectivity index (χ0) is 24.4. The average Bonchev–Trinajstić information content (AvgIpc) is 3.49. The molecule has 1 aliphatic heterocycles. The van der Waals surface area contributed by atoms with Gasteiger partial charge in [0.2, 0.25) is 0 Å². The first-order chi connectivity index (χ1) is 17.0. The fraction of sp³-hybridized carbons (Fsp3) is 0.250. The summed E-state index contributed by atoms with van der Waals surface area (Å²) in [7, 11) is 0. The van der Waals surface area contributed by atoms with E-state index in [9.17, 15) is 9.90 Å². The van der Waals surface area contributed by atoms with Gasteiger partial charge in [-0.2, -0.15) is 0 Å². The predicted octanol–water partition coefficient (Wildman–Crippen LogP) is 5.38. The molecule has 2 aromatic carbocycles. The summed E-state index contributed by atoms with van der Waals surface area (Å²) in [5, 5.41) is 19.1. The Morgan fingerprint density at radius 1 is 1.14 bits per heavy atom. The van der Waals surface area contributed by atoms with Gasteiger partial charge >= 0.3 is 5.97 Å². The van der Waals surface area contributed by atoms with Crippen molar-refractivity contribution >= 4 is 5.97 Å². The first-order valence-electron chi connectivity index (χ1n) is 11.7. The second-order valence-corrected chi connectivity index (χ2v) is 9.03. The van der Waals surface area contributed by atoms with Crippen LogP contribution in [0.25, 0.3) is 11.3 Å². The third-order valence-corrected chi connectivity index (χ3v) is 6.41. The van der Waals surface area contributed by atoms with Gasteiger partial charge in [0, 0.05) is 24.4 Å². The summed E-state index contributed by atoms with van der Waals surface area (Å²) >= 11 is 0. The molecule has 35 heavy (non-hydrogen) atoms. The minimum absolute atomic E-state index is 0.133. The second kappa shape index (κ2) is 9.72. The zero-order valence-corrected chi connectivity index (χ0v) is 19.5. The van der Waals surface area contributed by atoms with E-state index in [1.165, 1.54) is 23.3 Å². The number of furan rings is 1. The molecule has 0 radical (unpaired) electrons. The van der Waals surface area contributed by atoms with Gasteiger partial charge in [-0.15, -0.1) is 0 Å². The Morgan fingerprint density at radius 3 is 2.83 bits per heavy atom. The number of aromatic hydroxyl groups is 1. The second-order valence-electron chi connectivity index (χ2n) is 9.03. The van der Waals surface area contributed by atoms with Gasteiger partial charge in [-0.3, -0.25) is 14.9 Å². The van der Waals surface area contributed by atoms with Crippen molar-refractivity contribution in [3.8, 4) is 17.1 Å². The van der Waals surface area contributed by atoms with E-state index in [1.54, 1.807) is 6.07 Å². The van der Waals surface area contributed by atoms with Gasteiger partial charge in [0.1, 0.15) is 22.8 Å². The van der Waals surface area contributed by atoms with Crippen LogP contribution in [0, 0.1) is 6.92 Å². The highest BCUT2D eigenvalue weighted by molar-refractivity contribution is 5.91. The van der Waals surface area contributed by atoms with Gasteiger partial charge in [0.25, 0.3) is 0 Å². The summed E-state index contributed by atoms with van der Waals surface area (Å²) in [5.41, 5.74) is 4.90. The Balaban J connectivity index is 1.30. The maximum absolute atomic E-state index is 11.1. The highest BCUT2D eigenvalue weighted by atomic mass is 16.4. The van der Waals surface area contributed by atoms with Crippen molar-refractivity contribution in [3.63, 3.8) is 0 Å². The van der Waals surface area contributed by atoms with E-state index in [-0.39, 0.29) is 17.4 Å². The van der Waals surface area contributed by atoms with Gasteiger partial charge < -0.3 is 14.6 Å². The van der Waals surface area contributed by atoms with Gasteiger partial charge in [0.05, 0.1) is 24.0 Å². The molecule has 0 saturated carbocycles. The van der Waals surface area contributed by atoms with Crippen LogP contribution in [0.4, 0.5) is 0 Å². The largest absolute Gasteiger partial charge is 0.507 e. The lowest BCUT2D eigenvalue weighted by Gasteiger charge is -2.23. The standard InChI is InChI=1S/C28H27N3O4/c1-18-4-2-5-19(12-18)13-21-15-29-16-24(30-21)25-6-3-11-31(25)17-22-8-10-27(35-22)20-7-9-23(28(33)34)26(32)14-20/h2,4-5,7-10,12,14-16,25,32H,3,6,11,13,17H2,1H3,(H,33,34). The monoisotopic (exact) mass is 469 g/mol. The summed E-state index contributed by atoms with van der Waals surface area (Å²) in [4.78, 5) is 22.9. The highest BCUT2D eigenvalue weighted by Gasteiger charge is 2.28. The minimum Gasteiger partial charge on any atom is -0.507 e. The van der Waals surface area contributed by atoms with E-state index in [1.807, 2.05) is 24.5 Å². The molecule has 0 bridgehead atoms. The molecule has 1 atom stereocenters. The Kier molecular flexibility index (Phi) is 6.33. The van der Waals surface area contributed by atoms with Crippen molar-refractivity contribution in [2.75, 3.05) is 6.54 Å². The van der Waals surface area contributed by atoms with Crippen molar-refractivity contribution in [2.24, 2.45) is 0 Å². The number of aromatic carboxylic acids is 1. The van der Waals surface area contributed by atoms with Crippen LogP contribution in [0.5, 0.6) is 5.75 Å². The molecule has 5 rings (SSSR count). The molecule has 1 saturated heterocycles. The minimum atomic E-state index is -1.17. The lowest BCUT2D eigenvalue weighted by atomic mass is 10.1. The molecule has 7 heteroatoms. The quantitative estimate of drug-likeness (QED) is 0.375. The lowest BCUT2D eigenvalue weighted by Crippen LogP contribution is -2.23. The van der Waals surface area contributed by atoms with Crippen LogP contribution >= 0.6 is 0 Å². The number of carbonyl (C=O) groups is 1.